The molecule has 0 bridgehead atoms. The molecule has 0 aliphatic rings. The monoisotopic (exact) mass is 217 g/mol. The maximum atomic E-state index is 11.7. The lowest BCUT2D eigenvalue weighted by atomic mass is 10.2. The lowest BCUT2D eigenvalue weighted by molar-refractivity contribution is 0.00944. The van der Waals surface area contributed by atoms with Gasteiger partial charge in [-0.2, -0.15) is 0 Å². The van der Waals surface area contributed by atoms with Gasteiger partial charge in [-0.05, 0) is 6.07 Å². The van der Waals surface area contributed by atoms with Crippen molar-refractivity contribution in [1.29, 1.82) is 0 Å². The van der Waals surface area contributed by atoms with Crippen LogP contribution >= 0.6 is 0 Å². The first-order chi connectivity index (χ1) is 7.11. The molecule has 1 aromatic heterocycles. The van der Waals surface area contributed by atoms with Crippen molar-refractivity contribution in [2.24, 2.45) is 0 Å². The number of aromatic carboxylic acids is 1. The van der Waals surface area contributed by atoms with Gasteiger partial charge in [0.25, 0.3) is 6.43 Å². The van der Waals surface area contributed by atoms with Crippen molar-refractivity contribution in [3.8, 4) is 0 Å². The molecule has 1 aromatic rings. The molecule has 82 valence electrons. The van der Waals surface area contributed by atoms with E-state index in [4.69, 9.17) is 5.11 Å². The highest BCUT2D eigenvalue weighted by atomic mass is 19.3. The summed E-state index contributed by atoms with van der Waals surface area (Å²) >= 11 is 0. The SMILES string of the molecule is O=C(O)c1ncccc1COCC(F)F. The van der Waals surface area contributed by atoms with Crippen LogP contribution in [0.3, 0.4) is 0 Å². The van der Waals surface area contributed by atoms with Crippen LogP contribution in [-0.2, 0) is 11.3 Å². The molecular weight excluding hydrogens is 208 g/mol. The number of aromatic nitrogens is 1. The van der Waals surface area contributed by atoms with Gasteiger partial charge in [-0.15, -0.1) is 0 Å². The van der Waals surface area contributed by atoms with Gasteiger partial charge in [0.1, 0.15) is 6.61 Å². The number of nitrogens with zero attached hydrogens (tertiary/aromatic N) is 1. The Morgan fingerprint density at radius 1 is 1.60 bits per heavy atom. The second-order valence-corrected chi connectivity index (χ2v) is 2.72. The molecule has 15 heavy (non-hydrogen) atoms. The van der Waals surface area contributed by atoms with Gasteiger partial charge < -0.3 is 9.84 Å². The van der Waals surface area contributed by atoms with Crippen LogP contribution in [0.25, 0.3) is 0 Å². The molecule has 1 rings (SSSR count). The smallest absolute Gasteiger partial charge is 0.354 e. The number of carboxylic acid groups (broad SMARTS) is 1. The molecule has 1 N–H and O–H groups in total. The summed E-state index contributed by atoms with van der Waals surface area (Å²) in [6.45, 7) is -0.895. The molecule has 0 saturated carbocycles. The van der Waals surface area contributed by atoms with Crippen molar-refractivity contribution in [3.05, 3.63) is 29.6 Å². The van der Waals surface area contributed by atoms with Gasteiger partial charge >= 0.3 is 5.97 Å². The fraction of sp³-hybridized carbons (Fsp3) is 0.333. The number of ether oxygens (including phenoxy) is 1. The first-order valence-corrected chi connectivity index (χ1v) is 4.14. The topological polar surface area (TPSA) is 59.4 Å². The van der Waals surface area contributed by atoms with E-state index in [-0.39, 0.29) is 17.9 Å². The predicted octanol–water partition coefficient (Wildman–Crippen LogP) is 1.56. The van der Waals surface area contributed by atoms with Crippen molar-refractivity contribution in [3.63, 3.8) is 0 Å². The standard InChI is InChI=1S/C9H9F2NO3/c10-7(11)5-15-4-6-2-1-3-12-8(6)9(13)14/h1-3,7H,4-5H2,(H,13,14). The van der Waals surface area contributed by atoms with Gasteiger partial charge in [-0.3, -0.25) is 0 Å². The Morgan fingerprint density at radius 2 is 2.33 bits per heavy atom. The van der Waals surface area contributed by atoms with Crippen molar-refractivity contribution in [1.82, 2.24) is 4.98 Å². The molecule has 1 heterocycles. The molecule has 0 aromatic carbocycles. The van der Waals surface area contributed by atoms with E-state index in [2.05, 4.69) is 9.72 Å². The summed E-state index contributed by atoms with van der Waals surface area (Å²) in [6, 6.07) is 3.00. The zero-order valence-corrected chi connectivity index (χ0v) is 7.69. The summed E-state index contributed by atoms with van der Waals surface area (Å²) in [5.41, 5.74) is 0.109. The minimum atomic E-state index is -2.56. The highest BCUT2D eigenvalue weighted by molar-refractivity contribution is 5.86. The van der Waals surface area contributed by atoms with Crippen molar-refractivity contribution >= 4 is 5.97 Å². The number of pyridine rings is 1. The molecule has 0 unspecified atom stereocenters. The second-order valence-electron chi connectivity index (χ2n) is 2.72. The Balaban J connectivity index is 2.63. The molecule has 0 spiro atoms. The summed E-state index contributed by atoms with van der Waals surface area (Å²) in [4.78, 5) is 14.3. The average molecular weight is 217 g/mol. The molecule has 6 heteroatoms. The summed E-state index contributed by atoms with van der Waals surface area (Å²) in [7, 11) is 0. The maximum absolute atomic E-state index is 11.7. The van der Waals surface area contributed by atoms with Crippen LogP contribution < -0.4 is 0 Å². The summed E-state index contributed by atoms with van der Waals surface area (Å²) in [5.74, 6) is -1.20. The van der Waals surface area contributed by atoms with Crippen LogP contribution in [0.4, 0.5) is 8.78 Å². The Kier molecular flexibility index (Phi) is 4.11. The number of hydrogen-bond donors (Lipinski definition) is 1. The van der Waals surface area contributed by atoms with Gasteiger partial charge in [0, 0.05) is 11.8 Å². The minimum Gasteiger partial charge on any atom is -0.477 e. The van der Waals surface area contributed by atoms with E-state index in [0.29, 0.717) is 0 Å². The van der Waals surface area contributed by atoms with E-state index in [9.17, 15) is 13.6 Å². The molecule has 0 fully saturated rings. The van der Waals surface area contributed by atoms with E-state index >= 15 is 0 Å². The molecule has 0 radical (unpaired) electrons. The van der Waals surface area contributed by atoms with Crippen molar-refractivity contribution in [2.75, 3.05) is 6.61 Å². The normalized spacial score (nSPS) is 10.6. The van der Waals surface area contributed by atoms with E-state index in [1.54, 1.807) is 0 Å². The number of rotatable bonds is 5. The van der Waals surface area contributed by atoms with Crippen LogP contribution in [0.5, 0.6) is 0 Å². The third-order valence-electron chi connectivity index (χ3n) is 1.60. The first-order valence-electron chi connectivity index (χ1n) is 4.14. The highest BCUT2D eigenvalue weighted by Gasteiger charge is 2.11. The molecule has 0 amide bonds. The molecule has 0 atom stereocenters. The Hall–Kier alpha value is -1.56. The lowest BCUT2D eigenvalue weighted by Gasteiger charge is -2.05. The second kappa shape index (κ2) is 5.35. The highest BCUT2D eigenvalue weighted by Crippen LogP contribution is 2.07. The van der Waals surface area contributed by atoms with Crippen molar-refractivity contribution < 1.29 is 23.4 Å². The van der Waals surface area contributed by atoms with Gasteiger partial charge in [0.2, 0.25) is 0 Å². The maximum Gasteiger partial charge on any atom is 0.354 e. The third-order valence-corrected chi connectivity index (χ3v) is 1.60. The zero-order chi connectivity index (χ0) is 11.3. The third kappa shape index (κ3) is 3.59. The van der Waals surface area contributed by atoms with Crippen LogP contribution in [-0.4, -0.2) is 29.1 Å². The van der Waals surface area contributed by atoms with Gasteiger partial charge in [-0.1, -0.05) is 6.07 Å². The number of carboxylic acids is 1. The summed E-state index contributed by atoms with van der Waals surface area (Å²) < 4.78 is 28.1. The molecule has 4 nitrogen and oxygen atoms in total. The molecule has 0 aliphatic heterocycles. The lowest BCUT2D eigenvalue weighted by Crippen LogP contribution is -2.09. The quantitative estimate of drug-likeness (QED) is 0.813. The number of halogens is 2. The number of carbonyl (C=O) groups is 1. The Labute approximate surface area is 84.5 Å². The largest absolute Gasteiger partial charge is 0.477 e. The van der Waals surface area contributed by atoms with Crippen LogP contribution in [0, 0.1) is 0 Å². The zero-order valence-electron chi connectivity index (χ0n) is 7.69. The van der Waals surface area contributed by atoms with E-state index in [1.807, 2.05) is 0 Å². The predicted molar refractivity (Wildman–Crippen MR) is 46.9 cm³/mol. The molecule has 0 aliphatic carbocycles. The Bertz CT molecular complexity index is 344. The van der Waals surface area contributed by atoms with E-state index in [0.717, 1.165) is 0 Å². The fourth-order valence-corrected chi connectivity index (χ4v) is 1.01. The minimum absolute atomic E-state index is 0.174. The van der Waals surface area contributed by atoms with Gasteiger partial charge in [0.05, 0.1) is 6.61 Å². The van der Waals surface area contributed by atoms with Crippen LogP contribution in [0.1, 0.15) is 16.1 Å². The van der Waals surface area contributed by atoms with E-state index in [1.165, 1.54) is 18.3 Å². The average Bonchev–Trinajstić information content (AvgIpc) is 2.17. The van der Waals surface area contributed by atoms with E-state index < -0.39 is 19.0 Å². The van der Waals surface area contributed by atoms with Gasteiger partial charge in [-0.25, -0.2) is 18.6 Å². The number of alkyl halides is 2. The number of hydrogen-bond acceptors (Lipinski definition) is 3. The van der Waals surface area contributed by atoms with Crippen molar-refractivity contribution in [2.45, 2.75) is 13.0 Å². The molecule has 0 saturated heterocycles. The molecular formula is C9H9F2NO3. The Morgan fingerprint density at radius 3 is 2.93 bits per heavy atom. The van der Waals surface area contributed by atoms with Crippen LogP contribution in [0.15, 0.2) is 18.3 Å². The van der Waals surface area contributed by atoms with Gasteiger partial charge in [0.15, 0.2) is 5.69 Å². The fourth-order valence-electron chi connectivity index (χ4n) is 1.01. The first kappa shape index (κ1) is 11.5. The summed E-state index contributed by atoms with van der Waals surface area (Å²) in [6.07, 6.45) is -1.24. The summed E-state index contributed by atoms with van der Waals surface area (Å²) in [5, 5.41) is 8.71. The van der Waals surface area contributed by atoms with Crippen LogP contribution in [0.2, 0.25) is 0 Å².